The Hall–Kier alpha value is -3.34. The second-order valence-corrected chi connectivity index (χ2v) is 13.3. The van der Waals surface area contributed by atoms with Gasteiger partial charge < -0.3 is 20.1 Å². The van der Waals surface area contributed by atoms with Crippen molar-refractivity contribution in [2.75, 3.05) is 6.54 Å². The van der Waals surface area contributed by atoms with E-state index >= 15 is 0 Å². The lowest BCUT2D eigenvalue weighted by atomic mass is 9.95. The maximum atomic E-state index is 13.5. The number of esters is 1. The summed E-state index contributed by atoms with van der Waals surface area (Å²) in [5.74, 6) is -2.87. The van der Waals surface area contributed by atoms with Crippen LogP contribution in [-0.2, 0) is 25.5 Å². The SMILES string of the molecule is CCCCCCN(C(=O)CCCC)C(CC(OC(C)=O)c1nc(C(=O)NC(Cc2ccc(F)cc2)CC(C)C(=O)O)cs1)C(C)C. The largest absolute Gasteiger partial charge is 0.481 e. The standard InChI is InChI=1S/C35H52FN3O6S/c1-7-9-11-12-18-39(32(41)13-10-8-2)30(23(3)4)21-31(45-25(6)40)34-38-29(22-46-34)33(42)37-28(19-24(5)35(43)44)20-26-14-16-27(36)17-15-26/h14-17,22-24,28,30-31H,7-13,18-21H2,1-6H3,(H,37,42)(H,43,44). The number of ether oxygens (including phenoxy) is 1. The molecule has 0 fully saturated rings. The van der Waals surface area contributed by atoms with Crippen molar-refractivity contribution >= 4 is 35.1 Å². The van der Waals surface area contributed by atoms with E-state index in [0.717, 1.165) is 44.1 Å². The Morgan fingerprint density at radius 2 is 1.67 bits per heavy atom. The zero-order valence-electron chi connectivity index (χ0n) is 28.2. The molecule has 1 aromatic carbocycles. The van der Waals surface area contributed by atoms with Crippen molar-refractivity contribution in [3.8, 4) is 0 Å². The van der Waals surface area contributed by atoms with Gasteiger partial charge in [0, 0.05) is 43.8 Å². The lowest BCUT2D eigenvalue weighted by Crippen LogP contribution is -2.45. The summed E-state index contributed by atoms with van der Waals surface area (Å²) in [5, 5.41) is 14.4. The van der Waals surface area contributed by atoms with Gasteiger partial charge in [-0.15, -0.1) is 11.3 Å². The number of hydrogen-bond acceptors (Lipinski definition) is 7. The molecule has 0 aliphatic rings. The fourth-order valence-electron chi connectivity index (χ4n) is 5.46. The molecular weight excluding hydrogens is 609 g/mol. The molecule has 4 atom stereocenters. The molecule has 9 nitrogen and oxygen atoms in total. The van der Waals surface area contributed by atoms with Gasteiger partial charge in [-0.3, -0.25) is 19.2 Å². The zero-order chi connectivity index (χ0) is 34.2. The molecule has 0 aliphatic heterocycles. The summed E-state index contributed by atoms with van der Waals surface area (Å²) in [6.07, 6.45) is 6.39. The number of thiazole rings is 1. The van der Waals surface area contributed by atoms with Gasteiger partial charge in [-0.1, -0.05) is 72.4 Å². The lowest BCUT2D eigenvalue weighted by molar-refractivity contribution is -0.149. The molecule has 0 spiro atoms. The van der Waals surface area contributed by atoms with E-state index in [0.29, 0.717) is 30.8 Å². The highest BCUT2D eigenvalue weighted by Gasteiger charge is 2.32. The van der Waals surface area contributed by atoms with E-state index < -0.39 is 35.9 Å². The van der Waals surface area contributed by atoms with Crippen LogP contribution in [0.15, 0.2) is 29.6 Å². The van der Waals surface area contributed by atoms with Crippen LogP contribution in [0.3, 0.4) is 0 Å². The van der Waals surface area contributed by atoms with Crippen molar-refractivity contribution in [3.05, 3.63) is 51.7 Å². The van der Waals surface area contributed by atoms with Gasteiger partial charge in [-0.05, 0) is 49.3 Å². The summed E-state index contributed by atoms with van der Waals surface area (Å²) < 4.78 is 19.2. The number of carbonyl (C=O) groups is 4. The molecule has 0 saturated heterocycles. The quantitative estimate of drug-likeness (QED) is 0.106. The van der Waals surface area contributed by atoms with E-state index in [4.69, 9.17) is 4.74 Å². The maximum Gasteiger partial charge on any atom is 0.306 e. The second-order valence-electron chi connectivity index (χ2n) is 12.4. The van der Waals surface area contributed by atoms with Crippen molar-refractivity contribution in [1.82, 2.24) is 15.2 Å². The van der Waals surface area contributed by atoms with Crippen molar-refractivity contribution in [2.45, 2.75) is 124 Å². The first-order valence-corrected chi connectivity index (χ1v) is 17.4. The van der Waals surface area contributed by atoms with Crippen LogP contribution in [0.2, 0.25) is 0 Å². The van der Waals surface area contributed by atoms with Crippen molar-refractivity contribution < 1.29 is 33.4 Å². The fourth-order valence-corrected chi connectivity index (χ4v) is 6.30. The van der Waals surface area contributed by atoms with Crippen LogP contribution < -0.4 is 5.32 Å². The average Bonchev–Trinajstić information content (AvgIpc) is 3.50. The highest BCUT2D eigenvalue weighted by molar-refractivity contribution is 7.09. The number of carboxylic acid groups (broad SMARTS) is 1. The molecule has 2 N–H and O–H groups in total. The predicted molar refractivity (Wildman–Crippen MR) is 178 cm³/mol. The number of aromatic nitrogens is 1. The summed E-state index contributed by atoms with van der Waals surface area (Å²) in [6, 6.07) is 5.12. The molecule has 1 aromatic heterocycles. The molecule has 0 bridgehead atoms. The number of nitrogens with zero attached hydrogens (tertiary/aromatic N) is 2. The Kier molecular flexibility index (Phi) is 16.9. The number of benzene rings is 1. The van der Waals surface area contributed by atoms with Gasteiger partial charge >= 0.3 is 11.9 Å². The molecule has 0 aliphatic carbocycles. The third-order valence-electron chi connectivity index (χ3n) is 8.07. The number of nitrogens with one attached hydrogen (secondary N) is 1. The van der Waals surface area contributed by atoms with E-state index in [1.807, 2.05) is 4.90 Å². The van der Waals surface area contributed by atoms with Crippen LogP contribution >= 0.6 is 11.3 Å². The van der Waals surface area contributed by atoms with Gasteiger partial charge in [0.15, 0.2) is 6.10 Å². The maximum absolute atomic E-state index is 13.5. The summed E-state index contributed by atoms with van der Waals surface area (Å²) in [6.45, 7) is 11.9. The van der Waals surface area contributed by atoms with Gasteiger partial charge in [0.1, 0.15) is 16.5 Å². The molecule has 2 rings (SSSR count). The number of aliphatic carboxylic acids is 1. The molecule has 256 valence electrons. The predicted octanol–water partition coefficient (Wildman–Crippen LogP) is 7.35. The summed E-state index contributed by atoms with van der Waals surface area (Å²) in [4.78, 5) is 57.1. The van der Waals surface area contributed by atoms with Gasteiger partial charge in [0.2, 0.25) is 5.91 Å². The molecule has 0 saturated carbocycles. The number of unbranched alkanes of at least 4 members (excludes halogenated alkanes) is 4. The summed E-state index contributed by atoms with van der Waals surface area (Å²) in [5.41, 5.74) is 0.881. The van der Waals surface area contributed by atoms with E-state index in [9.17, 15) is 28.7 Å². The molecule has 2 amide bonds. The van der Waals surface area contributed by atoms with Crippen molar-refractivity contribution in [3.63, 3.8) is 0 Å². The number of hydrogen-bond donors (Lipinski definition) is 2. The number of rotatable bonds is 21. The topological polar surface area (TPSA) is 126 Å². The Labute approximate surface area is 277 Å². The minimum Gasteiger partial charge on any atom is -0.481 e. The van der Waals surface area contributed by atoms with Crippen molar-refractivity contribution in [2.24, 2.45) is 11.8 Å². The van der Waals surface area contributed by atoms with E-state index in [2.05, 4.69) is 38.0 Å². The van der Waals surface area contributed by atoms with Crippen LogP contribution in [0.4, 0.5) is 4.39 Å². The highest BCUT2D eigenvalue weighted by atomic mass is 32.1. The van der Waals surface area contributed by atoms with Gasteiger partial charge in [-0.25, -0.2) is 9.37 Å². The Morgan fingerprint density at radius 3 is 2.26 bits per heavy atom. The monoisotopic (exact) mass is 661 g/mol. The molecule has 4 unspecified atom stereocenters. The van der Waals surface area contributed by atoms with E-state index in [1.54, 1.807) is 24.4 Å². The van der Waals surface area contributed by atoms with Gasteiger partial charge in [0.05, 0.1) is 5.92 Å². The van der Waals surface area contributed by atoms with Crippen LogP contribution in [0.5, 0.6) is 0 Å². The van der Waals surface area contributed by atoms with E-state index in [-0.39, 0.29) is 35.8 Å². The first-order valence-electron chi connectivity index (χ1n) is 16.6. The molecular formula is C35H52FN3O6S. The average molecular weight is 662 g/mol. The van der Waals surface area contributed by atoms with E-state index in [1.165, 1.54) is 30.4 Å². The normalized spacial score (nSPS) is 13.9. The fraction of sp³-hybridized carbons (Fsp3) is 0.629. The first kappa shape index (κ1) is 38.8. The number of carbonyl (C=O) groups excluding carboxylic acids is 3. The number of carboxylic acids is 1. The third kappa shape index (κ3) is 13.2. The number of amides is 2. The first-order chi connectivity index (χ1) is 21.9. The summed E-state index contributed by atoms with van der Waals surface area (Å²) in [7, 11) is 0. The highest BCUT2D eigenvalue weighted by Crippen LogP contribution is 2.31. The Balaban J connectivity index is 2.30. The Bertz CT molecular complexity index is 1250. The van der Waals surface area contributed by atoms with Gasteiger partial charge in [-0.2, -0.15) is 0 Å². The Morgan fingerprint density at radius 1 is 1.00 bits per heavy atom. The van der Waals surface area contributed by atoms with Crippen LogP contribution in [0.25, 0.3) is 0 Å². The molecule has 2 aromatic rings. The molecule has 11 heteroatoms. The van der Waals surface area contributed by atoms with Crippen LogP contribution in [0, 0.1) is 17.7 Å². The third-order valence-corrected chi connectivity index (χ3v) is 9.01. The number of halogens is 1. The van der Waals surface area contributed by atoms with Crippen molar-refractivity contribution in [1.29, 1.82) is 0 Å². The van der Waals surface area contributed by atoms with Crippen LogP contribution in [0.1, 0.15) is 126 Å². The van der Waals surface area contributed by atoms with Gasteiger partial charge in [0.25, 0.3) is 5.91 Å². The minimum absolute atomic E-state index is 0.0842. The molecule has 46 heavy (non-hydrogen) atoms. The zero-order valence-corrected chi connectivity index (χ0v) is 29.0. The summed E-state index contributed by atoms with van der Waals surface area (Å²) >= 11 is 1.20. The molecule has 0 radical (unpaired) electrons. The minimum atomic E-state index is -0.981. The smallest absolute Gasteiger partial charge is 0.306 e. The molecule has 1 heterocycles. The van der Waals surface area contributed by atoms with Crippen LogP contribution in [-0.4, -0.2) is 57.4 Å². The second kappa shape index (κ2) is 20.0. The lowest BCUT2D eigenvalue weighted by Gasteiger charge is -2.36.